The number of phenolic OH excluding ortho intramolecular Hbond substituents is 1. The molecule has 0 saturated carbocycles. The Balaban J connectivity index is 2.31. The van der Waals surface area contributed by atoms with Crippen LogP contribution in [0.3, 0.4) is 0 Å². The Morgan fingerprint density at radius 1 is 1.00 bits per heavy atom. The lowest BCUT2D eigenvalue weighted by Gasteiger charge is -2.05. The number of fused-ring (bicyclic) bond motifs is 1. The fourth-order valence-electron chi connectivity index (χ4n) is 2.30. The molecule has 100 valence electrons. The minimum Gasteiger partial charge on any atom is -0.507 e. The summed E-state index contributed by atoms with van der Waals surface area (Å²) in [7, 11) is 0. The summed E-state index contributed by atoms with van der Waals surface area (Å²) in [4.78, 5) is 12.5. The highest BCUT2D eigenvalue weighted by atomic mass is 16.3. The lowest BCUT2D eigenvalue weighted by molar-refractivity contribution is 0.479. The first kappa shape index (κ1) is 12.5. The van der Waals surface area contributed by atoms with Crippen molar-refractivity contribution in [1.82, 2.24) is 0 Å². The molecule has 0 aliphatic carbocycles. The fourth-order valence-corrected chi connectivity index (χ4v) is 2.30. The van der Waals surface area contributed by atoms with Gasteiger partial charge in [-0.1, -0.05) is 29.8 Å². The van der Waals surface area contributed by atoms with E-state index in [2.05, 4.69) is 0 Å². The second-order valence-corrected chi connectivity index (χ2v) is 5.00. The van der Waals surface area contributed by atoms with Gasteiger partial charge in [0.1, 0.15) is 23.0 Å². The highest BCUT2D eigenvalue weighted by molar-refractivity contribution is 5.87. The first-order chi connectivity index (χ1) is 9.56. The first-order valence-corrected chi connectivity index (χ1v) is 6.38. The van der Waals surface area contributed by atoms with Crippen LogP contribution in [0.1, 0.15) is 11.1 Å². The summed E-state index contributed by atoms with van der Waals surface area (Å²) >= 11 is 0. The number of phenols is 1. The van der Waals surface area contributed by atoms with Gasteiger partial charge in [0.15, 0.2) is 0 Å². The van der Waals surface area contributed by atoms with Crippen LogP contribution in [0.5, 0.6) is 5.75 Å². The molecule has 0 aliphatic heterocycles. The zero-order chi connectivity index (χ0) is 14.3. The summed E-state index contributed by atoms with van der Waals surface area (Å²) in [5, 5.41) is 10.2. The maximum absolute atomic E-state index is 12.5. The van der Waals surface area contributed by atoms with Crippen molar-refractivity contribution >= 4 is 11.0 Å². The van der Waals surface area contributed by atoms with E-state index >= 15 is 0 Å². The quantitative estimate of drug-likeness (QED) is 0.729. The van der Waals surface area contributed by atoms with Crippen molar-refractivity contribution in [2.45, 2.75) is 13.8 Å². The molecule has 3 nitrogen and oxygen atoms in total. The van der Waals surface area contributed by atoms with Crippen LogP contribution >= 0.6 is 0 Å². The predicted molar refractivity (Wildman–Crippen MR) is 79.1 cm³/mol. The van der Waals surface area contributed by atoms with Gasteiger partial charge in [-0.05, 0) is 37.1 Å². The van der Waals surface area contributed by atoms with Crippen LogP contribution < -0.4 is 5.43 Å². The Bertz CT molecular complexity index is 842. The lowest BCUT2D eigenvalue weighted by atomic mass is 10.0. The fraction of sp³-hybridized carbons (Fsp3) is 0.118. The van der Waals surface area contributed by atoms with Crippen LogP contribution in [-0.2, 0) is 0 Å². The van der Waals surface area contributed by atoms with Crippen LogP contribution in [0.15, 0.2) is 51.9 Å². The summed E-state index contributed by atoms with van der Waals surface area (Å²) in [6, 6.07) is 10.9. The Hall–Kier alpha value is -2.55. The lowest BCUT2D eigenvalue weighted by Crippen LogP contribution is -2.05. The van der Waals surface area contributed by atoms with Crippen LogP contribution in [0.2, 0.25) is 0 Å². The number of hydrogen-bond donors (Lipinski definition) is 1. The number of aryl methyl sites for hydroxylation is 2. The maximum Gasteiger partial charge on any atom is 0.204 e. The minimum absolute atomic E-state index is 0.0392. The second-order valence-electron chi connectivity index (χ2n) is 5.00. The molecule has 0 unspecified atom stereocenters. The van der Waals surface area contributed by atoms with E-state index < -0.39 is 0 Å². The third-order valence-corrected chi connectivity index (χ3v) is 3.36. The van der Waals surface area contributed by atoms with Gasteiger partial charge in [0, 0.05) is 0 Å². The number of hydrogen-bond acceptors (Lipinski definition) is 3. The standard InChI is InChI=1S/C17H14O3/c1-10-3-5-12(6-4-10)13-9-20-15-8-11(2)7-14(18)16(15)17(13)19/h3-9,18H,1-2H3. The maximum atomic E-state index is 12.5. The van der Waals surface area contributed by atoms with E-state index in [1.165, 1.54) is 6.26 Å². The van der Waals surface area contributed by atoms with E-state index in [-0.39, 0.29) is 16.6 Å². The monoisotopic (exact) mass is 266 g/mol. The first-order valence-electron chi connectivity index (χ1n) is 6.38. The second kappa shape index (κ2) is 4.53. The van der Waals surface area contributed by atoms with Crippen LogP contribution in [0, 0.1) is 13.8 Å². The molecule has 3 rings (SSSR count). The number of rotatable bonds is 1. The third kappa shape index (κ3) is 1.97. The largest absolute Gasteiger partial charge is 0.507 e. The van der Waals surface area contributed by atoms with Crippen LogP contribution in [0.4, 0.5) is 0 Å². The number of benzene rings is 2. The molecule has 0 amide bonds. The van der Waals surface area contributed by atoms with Gasteiger partial charge < -0.3 is 9.52 Å². The van der Waals surface area contributed by atoms with E-state index in [9.17, 15) is 9.90 Å². The Morgan fingerprint density at radius 2 is 1.70 bits per heavy atom. The Kier molecular flexibility index (Phi) is 2.83. The molecule has 0 spiro atoms. The van der Waals surface area contributed by atoms with Crippen molar-refractivity contribution in [3.63, 3.8) is 0 Å². The third-order valence-electron chi connectivity index (χ3n) is 3.36. The van der Waals surface area contributed by atoms with Crippen molar-refractivity contribution in [2.75, 3.05) is 0 Å². The average Bonchev–Trinajstić information content (AvgIpc) is 2.39. The molecule has 3 aromatic rings. The summed E-state index contributed by atoms with van der Waals surface area (Å²) < 4.78 is 5.51. The molecule has 1 heterocycles. The van der Waals surface area contributed by atoms with Gasteiger partial charge in [0.05, 0.1) is 5.56 Å². The molecule has 1 aromatic heterocycles. The Labute approximate surface area is 116 Å². The molecule has 0 fully saturated rings. The van der Waals surface area contributed by atoms with E-state index in [4.69, 9.17) is 4.42 Å². The summed E-state index contributed by atoms with van der Waals surface area (Å²) in [6.45, 7) is 3.83. The van der Waals surface area contributed by atoms with Crippen molar-refractivity contribution in [3.8, 4) is 16.9 Å². The van der Waals surface area contributed by atoms with E-state index in [1.807, 2.05) is 38.1 Å². The summed E-state index contributed by atoms with van der Waals surface area (Å²) in [5.41, 5.74) is 3.40. The molecule has 20 heavy (non-hydrogen) atoms. The Morgan fingerprint density at radius 3 is 2.40 bits per heavy atom. The smallest absolute Gasteiger partial charge is 0.204 e. The van der Waals surface area contributed by atoms with E-state index in [1.54, 1.807) is 12.1 Å². The minimum atomic E-state index is -0.215. The molecule has 3 heteroatoms. The van der Waals surface area contributed by atoms with E-state index in [0.29, 0.717) is 11.1 Å². The zero-order valence-corrected chi connectivity index (χ0v) is 11.3. The van der Waals surface area contributed by atoms with Gasteiger partial charge in [-0.3, -0.25) is 4.79 Å². The van der Waals surface area contributed by atoms with Crippen molar-refractivity contribution in [2.24, 2.45) is 0 Å². The van der Waals surface area contributed by atoms with Gasteiger partial charge >= 0.3 is 0 Å². The molecular weight excluding hydrogens is 252 g/mol. The van der Waals surface area contributed by atoms with Gasteiger partial charge in [-0.15, -0.1) is 0 Å². The molecule has 0 radical (unpaired) electrons. The SMILES string of the molecule is Cc1ccc(-c2coc3cc(C)cc(O)c3c2=O)cc1. The van der Waals surface area contributed by atoms with Crippen LogP contribution in [-0.4, -0.2) is 5.11 Å². The van der Waals surface area contributed by atoms with E-state index in [0.717, 1.165) is 16.7 Å². The molecule has 0 aliphatic rings. The average molecular weight is 266 g/mol. The van der Waals surface area contributed by atoms with Gasteiger partial charge in [0.25, 0.3) is 0 Å². The highest BCUT2D eigenvalue weighted by Gasteiger charge is 2.12. The molecule has 1 N–H and O–H groups in total. The van der Waals surface area contributed by atoms with Gasteiger partial charge in [-0.2, -0.15) is 0 Å². The number of aromatic hydroxyl groups is 1. The molecule has 0 atom stereocenters. The predicted octanol–water partition coefficient (Wildman–Crippen LogP) is 3.78. The molecule has 0 bridgehead atoms. The van der Waals surface area contributed by atoms with Gasteiger partial charge in [0.2, 0.25) is 5.43 Å². The van der Waals surface area contributed by atoms with Gasteiger partial charge in [-0.25, -0.2) is 0 Å². The molecule has 0 saturated heterocycles. The molecule has 2 aromatic carbocycles. The summed E-state index contributed by atoms with van der Waals surface area (Å²) in [5.74, 6) is -0.0392. The summed E-state index contributed by atoms with van der Waals surface area (Å²) in [6.07, 6.45) is 1.45. The topological polar surface area (TPSA) is 50.4 Å². The molecular formula is C17H14O3. The highest BCUT2D eigenvalue weighted by Crippen LogP contribution is 2.26. The van der Waals surface area contributed by atoms with Crippen molar-refractivity contribution in [3.05, 3.63) is 64.0 Å². The van der Waals surface area contributed by atoms with Crippen molar-refractivity contribution in [1.29, 1.82) is 0 Å². The normalized spacial score (nSPS) is 10.9. The van der Waals surface area contributed by atoms with Crippen molar-refractivity contribution < 1.29 is 9.52 Å². The zero-order valence-electron chi connectivity index (χ0n) is 11.3. The van der Waals surface area contributed by atoms with Crippen LogP contribution in [0.25, 0.3) is 22.1 Å².